The molecule has 0 aliphatic carbocycles. The molecule has 0 radical (unpaired) electrons. The summed E-state index contributed by atoms with van der Waals surface area (Å²) in [5.41, 5.74) is 4.55. The lowest BCUT2D eigenvalue weighted by Gasteiger charge is -2.24. The number of aryl methyl sites for hydroxylation is 2. The standard InChI is InChI=1S/C31H25ClN6O2/c1-17-12-13-21(18(2)36-17)22-10-7-11-23-25(22)31(40)38(20-8-5-4-6-9-20)28(27(23)32)19(3)37-30-26-24(39)14-15-33-29(26)34-16-35-30/h4-16,19H,1-3H3,(H2,33,34,35,37,39). The van der Waals surface area contributed by atoms with Crippen molar-refractivity contribution < 1.29 is 0 Å². The van der Waals surface area contributed by atoms with Crippen LogP contribution < -0.4 is 16.3 Å². The second-order valence-corrected chi connectivity index (χ2v) is 10.0. The molecular formula is C31H25ClN6O2. The van der Waals surface area contributed by atoms with Crippen molar-refractivity contribution in [3.63, 3.8) is 0 Å². The van der Waals surface area contributed by atoms with E-state index in [1.54, 1.807) is 10.8 Å². The number of pyridine rings is 3. The fourth-order valence-electron chi connectivity index (χ4n) is 5.23. The molecule has 0 fully saturated rings. The molecule has 2 N–H and O–H groups in total. The molecule has 9 heteroatoms. The van der Waals surface area contributed by atoms with Gasteiger partial charge < -0.3 is 10.3 Å². The molecule has 0 saturated carbocycles. The van der Waals surface area contributed by atoms with E-state index in [1.807, 2.05) is 81.4 Å². The van der Waals surface area contributed by atoms with Crippen molar-refractivity contribution in [2.24, 2.45) is 0 Å². The first kappa shape index (κ1) is 25.5. The maximum atomic E-state index is 14.5. The number of nitrogens with zero attached hydrogens (tertiary/aromatic N) is 4. The summed E-state index contributed by atoms with van der Waals surface area (Å²) in [5.74, 6) is 0.345. The lowest BCUT2D eigenvalue weighted by Crippen LogP contribution is -2.27. The molecule has 6 rings (SSSR count). The van der Waals surface area contributed by atoms with Crippen LogP contribution in [-0.4, -0.2) is 24.5 Å². The predicted molar refractivity (Wildman–Crippen MR) is 159 cm³/mol. The Kier molecular flexibility index (Phi) is 6.40. The van der Waals surface area contributed by atoms with E-state index in [2.05, 4.69) is 25.3 Å². The fourth-order valence-corrected chi connectivity index (χ4v) is 5.63. The zero-order chi connectivity index (χ0) is 28.0. The van der Waals surface area contributed by atoms with Crippen LogP contribution in [0.2, 0.25) is 5.02 Å². The molecule has 40 heavy (non-hydrogen) atoms. The molecule has 1 unspecified atom stereocenters. The number of anilines is 1. The van der Waals surface area contributed by atoms with Crippen LogP contribution in [0.15, 0.2) is 88.8 Å². The monoisotopic (exact) mass is 548 g/mol. The second-order valence-electron chi connectivity index (χ2n) is 9.64. The van der Waals surface area contributed by atoms with E-state index < -0.39 is 6.04 Å². The molecular weight excluding hydrogens is 524 g/mol. The Morgan fingerprint density at radius 1 is 0.900 bits per heavy atom. The van der Waals surface area contributed by atoms with Crippen LogP contribution in [-0.2, 0) is 0 Å². The van der Waals surface area contributed by atoms with Gasteiger partial charge in [-0.1, -0.05) is 54.1 Å². The second kappa shape index (κ2) is 10.1. The number of aromatic amines is 1. The van der Waals surface area contributed by atoms with Gasteiger partial charge in [-0.05, 0) is 44.5 Å². The third-order valence-electron chi connectivity index (χ3n) is 7.03. The topological polar surface area (TPSA) is 106 Å². The Balaban J connectivity index is 1.63. The molecule has 0 spiro atoms. The highest BCUT2D eigenvalue weighted by Gasteiger charge is 2.24. The number of hydrogen-bond donors (Lipinski definition) is 2. The molecule has 8 nitrogen and oxygen atoms in total. The normalized spacial score (nSPS) is 12.1. The zero-order valence-electron chi connectivity index (χ0n) is 22.1. The van der Waals surface area contributed by atoms with Crippen molar-refractivity contribution in [1.29, 1.82) is 0 Å². The van der Waals surface area contributed by atoms with Gasteiger partial charge in [-0.15, -0.1) is 0 Å². The first-order chi connectivity index (χ1) is 19.3. The molecule has 4 heterocycles. The minimum absolute atomic E-state index is 0.213. The number of para-hydroxylation sites is 1. The van der Waals surface area contributed by atoms with Gasteiger partial charge in [0.2, 0.25) is 0 Å². The van der Waals surface area contributed by atoms with Crippen LogP contribution in [0, 0.1) is 13.8 Å². The number of halogens is 1. The van der Waals surface area contributed by atoms with Crippen molar-refractivity contribution in [3.05, 3.63) is 122 Å². The summed E-state index contributed by atoms with van der Waals surface area (Å²) in [5, 5.41) is 5.20. The van der Waals surface area contributed by atoms with Crippen LogP contribution in [0.5, 0.6) is 0 Å². The Morgan fingerprint density at radius 2 is 1.70 bits per heavy atom. The molecule has 2 aromatic carbocycles. The number of rotatable bonds is 5. The van der Waals surface area contributed by atoms with Crippen LogP contribution in [0.4, 0.5) is 5.82 Å². The number of benzene rings is 2. The highest BCUT2D eigenvalue weighted by atomic mass is 35.5. The Bertz CT molecular complexity index is 2030. The van der Waals surface area contributed by atoms with Crippen molar-refractivity contribution >= 4 is 39.2 Å². The van der Waals surface area contributed by atoms with E-state index in [1.165, 1.54) is 12.4 Å². The molecule has 6 aromatic rings. The van der Waals surface area contributed by atoms with Crippen LogP contribution in [0.1, 0.15) is 30.0 Å². The number of fused-ring (bicyclic) bond motifs is 2. The summed E-state index contributed by atoms with van der Waals surface area (Å²) >= 11 is 7.19. The summed E-state index contributed by atoms with van der Waals surface area (Å²) in [6.45, 7) is 5.76. The molecule has 0 saturated heterocycles. The summed E-state index contributed by atoms with van der Waals surface area (Å²) in [7, 11) is 0. The van der Waals surface area contributed by atoms with Gasteiger partial charge in [-0.25, -0.2) is 9.97 Å². The third kappa shape index (κ3) is 4.23. The minimum Gasteiger partial charge on any atom is -0.361 e. The highest BCUT2D eigenvalue weighted by Crippen LogP contribution is 2.37. The van der Waals surface area contributed by atoms with Crippen LogP contribution in [0.3, 0.4) is 0 Å². The Hall–Kier alpha value is -4.82. The van der Waals surface area contributed by atoms with Crippen LogP contribution >= 0.6 is 11.6 Å². The molecule has 198 valence electrons. The quantitative estimate of drug-likeness (QED) is 0.268. The number of hydrogen-bond acceptors (Lipinski definition) is 6. The van der Waals surface area contributed by atoms with E-state index in [0.29, 0.717) is 44.0 Å². The minimum atomic E-state index is -0.519. The third-order valence-corrected chi connectivity index (χ3v) is 7.42. The van der Waals surface area contributed by atoms with E-state index in [9.17, 15) is 9.59 Å². The molecule has 0 aliphatic rings. The smallest absolute Gasteiger partial charge is 0.263 e. The van der Waals surface area contributed by atoms with Gasteiger partial charge in [0, 0.05) is 40.3 Å². The molecule has 0 aliphatic heterocycles. The van der Waals surface area contributed by atoms with Crippen molar-refractivity contribution in [3.8, 4) is 16.8 Å². The van der Waals surface area contributed by atoms with E-state index in [4.69, 9.17) is 11.6 Å². The summed E-state index contributed by atoms with van der Waals surface area (Å²) in [4.78, 5) is 43.3. The van der Waals surface area contributed by atoms with Gasteiger partial charge in [-0.2, -0.15) is 0 Å². The Morgan fingerprint density at radius 3 is 2.48 bits per heavy atom. The average molecular weight is 549 g/mol. The van der Waals surface area contributed by atoms with E-state index >= 15 is 0 Å². The molecule has 4 aromatic heterocycles. The first-order valence-corrected chi connectivity index (χ1v) is 13.2. The van der Waals surface area contributed by atoms with Crippen LogP contribution in [0.25, 0.3) is 38.6 Å². The first-order valence-electron chi connectivity index (χ1n) is 12.8. The van der Waals surface area contributed by atoms with E-state index in [-0.39, 0.29) is 11.0 Å². The average Bonchev–Trinajstić information content (AvgIpc) is 2.95. The zero-order valence-corrected chi connectivity index (χ0v) is 22.8. The molecule has 1 atom stereocenters. The number of aromatic nitrogens is 5. The summed E-state index contributed by atoms with van der Waals surface area (Å²) in [6.07, 6.45) is 2.92. The lowest BCUT2D eigenvalue weighted by atomic mass is 9.96. The molecule has 0 amide bonds. The van der Waals surface area contributed by atoms with Gasteiger partial charge in [0.05, 0.1) is 22.1 Å². The van der Waals surface area contributed by atoms with Gasteiger partial charge in [0.25, 0.3) is 5.56 Å². The van der Waals surface area contributed by atoms with Crippen molar-refractivity contribution in [1.82, 2.24) is 24.5 Å². The SMILES string of the molecule is Cc1ccc(-c2cccc3c(Cl)c(C(C)Nc4ncnc5[nH]ccc(=O)c45)n(-c4ccccc4)c(=O)c23)c(C)n1. The summed E-state index contributed by atoms with van der Waals surface area (Å²) in [6, 6.07) is 19.9. The predicted octanol–water partition coefficient (Wildman–Crippen LogP) is 6.13. The van der Waals surface area contributed by atoms with Gasteiger partial charge in [0.15, 0.2) is 5.43 Å². The largest absolute Gasteiger partial charge is 0.361 e. The van der Waals surface area contributed by atoms with Crippen molar-refractivity contribution in [2.75, 3.05) is 5.32 Å². The van der Waals surface area contributed by atoms with Crippen molar-refractivity contribution in [2.45, 2.75) is 26.8 Å². The maximum absolute atomic E-state index is 14.5. The summed E-state index contributed by atoms with van der Waals surface area (Å²) < 4.78 is 1.64. The Labute approximate surface area is 234 Å². The van der Waals surface area contributed by atoms with Gasteiger partial charge in [-0.3, -0.25) is 19.1 Å². The number of H-pyrrole nitrogens is 1. The van der Waals surface area contributed by atoms with E-state index in [0.717, 1.165) is 22.5 Å². The van der Waals surface area contributed by atoms with Gasteiger partial charge in [0.1, 0.15) is 23.2 Å². The lowest BCUT2D eigenvalue weighted by molar-refractivity contribution is 0.774. The number of nitrogens with one attached hydrogen (secondary N) is 2. The fraction of sp³-hybridized carbons (Fsp3) is 0.129. The maximum Gasteiger partial charge on any atom is 0.263 e. The molecule has 0 bridgehead atoms. The van der Waals surface area contributed by atoms with Gasteiger partial charge >= 0.3 is 0 Å². The highest BCUT2D eigenvalue weighted by molar-refractivity contribution is 6.36.